The average molecular weight is 1000 g/mol. The van der Waals surface area contributed by atoms with Crippen LogP contribution in [0.1, 0.15) is 278 Å². The number of unbranched alkanes of at least 4 members (excludes halogenated alkanes) is 26. The molecule has 412 valence electrons. The van der Waals surface area contributed by atoms with Gasteiger partial charge in [0.15, 0.2) is 6.10 Å². The normalized spacial score (nSPS) is 13.0. The van der Waals surface area contributed by atoms with Gasteiger partial charge in [-0.05, 0) is 122 Å². The molecule has 0 aromatic carbocycles. The predicted molar refractivity (Wildman–Crippen MR) is 316 cm³/mol. The summed E-state index contributed by atoms with van der Waals surface area (Å²) in [6, 6.07) is 0. The lowest BCUT2D eigenvalue weighted by atomic mass is 10.1. The summed E-state index contributed by atoms with van der Waals surface area (Å²) in [6.45, 7) is 7.57. The van der Waals surface area contributed by atoms with Gasteiger partial charge in [-0.25, -0.2) is 0 Å². The summed E-state index contributed by atoms with van der Waals surface area (Å²) >= 11 is 0. The monoisotopic (exact) mass is 999 g/mol. The third-order valence-electron chi connectivity index (χ3n) is 12.8. The first kappa shape index (κ1) is 68.6. The molecule has 72 heavy (non-hydrogen) atoms. The maximum absolute atomic E-state index is 12.9. The van der Waals surface area contributed by atoms with Crippen LogP contribution in [0.15, 0.2) is 109 Å². The van der Waals surface area contributed by atoms with E-state index in [9.17, 15) is 9.59 Å². The number of hydrogen-bond acceptors (Lipinski definition) is 5. The number of allylic oxidation sites excluding steroid dienone is 18. The Kier molecular flexibility index (Phi) is 58.9. The van der Waals surface area contributed by atoms with E-state index in [0.717, 1.165) is 109 Å². The molecule has 0 spiro atoms. The molecule has 0 aliphatic rings. The summed E-state index contributed by atoms with van der Waals surface area (Å²) in [5, 5.41) is 0. The van der Waals surface area contributed by atoms with Crippen LogP contribution in [0, 0.1) is 0 Å². The lowest BCUT2D eigenvalue weighted by Crippen LogP contribution is -2.30. The topological polar surface area (TPSA) is 61.8 Å². The average Bonchev–Trinajstić information content (AvgIpc) is 3.38. The van der Waals surface area contributed by atoms with E-state index in [2.05, 4.69) is 130 Å². The molecule has 0 amide bonds. The molecule has 0 aliphatic carbocycles. The first-order valence-corrected chi connectivity index (χ1v) is 30.4. The van der Waals surface area contributed by atoms with Crippen molar-refractivity contribution in [3.8, 4) is 0 Å². The lowest BCUT2D eigenvalue weighted by molar-refractivity contribution is -0.163. The van der Waals surface area contributed by atoms with Crippen LogP contribution in [0.25, 0.3) is 0 Å². The fourth-order valence-electron chi connectivity index (χ4n) is 8.31. The molecule has 0 aromatic rings. The zero-order valence-electron chi connectivity index (χ0n) is 47.4. The first-order valence-electron chi connectivity index (χ1n) is 30.4. The Labute approximate surface area is 446 Å². The summed E-state index contributed by atoms with van der Waals surface area (Å²) in [7, 11) is 0. The maximum atomic E-state index is 12.9. The van der Waals surface area contributed by atoms with Crippen LogP contribution >= 0.6 is 0 Å². The van der Waals surface area contributed by atoms with Crippen molar-refractivity contribution < 1.29 is 23.8 Å². The molecule has 0 heterocycles. The molecule has 0 saturated carbocycles. The van der Waals surface area contributed by atoms with Gasteiger partial charge in [-0.1, -0.05) is 252 Å². The molecule has 5 heteroatoms. The summed E-state index contributed by atoms with van der Waals surface area (Å²) < 4.78 is 17.5. The first-order chi connectivity index (χ1) is 35.6. The van der Waals surface area contributed by atoms with E-state index in [1.807, 2.05) is 0 Å². The Hall–Kier alpha value is -3.44. The third-order valence-corrected chi connectivity index (χ3v) is 12.8. The Morgan fingerprint density at radius 2 is 0.625 bits per heavy atom. The molecule has 5 nitrogen and oxygen atoms in total. The molecule has 1 atom stereocenters. The Morgan fingerprint density at radius 1 is 0.319 bits per heavy atom. The molecule has 0 aliphatic heterocycles. The van der Waals surface area contributed by atoms with Crippen LogP contribution in [0.4, 0.5) is 0 Å². The summed E-state index contributed by atoms with van der Waals surface area (Å²) in [5.74, 6) is -0.422. The van der Waals surface area contributed by atoms with Crippen LogP contribution < -0.4 is 0 Å². The van der Waals surface area contributed by atoms with Gasteiger partial charge in [-0.2, -0.15) is 0 Å². The Morgan fingerprint density at radius 3 is 1.01 bits per heavy atom. The fraction of sp³-hybridized carbons (Fsp3) is 0.701. The largest absolute Gasteiger partial charge is 0.462 e. The van der Waals surface area contributed by atoms with Crippen molar-refractivity contribution in [3.63, 3.8) is 0 Å². The molecular weight excluding hydrogens is 885 g/mol. The van der Waals surface area contributed by atoms with Crippen LogP contribution in [0.5, 0.6) is 0 Å². The summed E-state index contributed by atoms with van der Waals surface area (Å²) in [6.07, 6.45) is 85.4. The van der Waals surface area contributed by atoms with E-state index >= 15 is 0 Å². The van der Waals surface area contributed by atoms with Gasteiger partial charge in [0.2, 0.25) is 0 Å². The van der Waals surface area contributed by atoms with Crippen molar-refractivity contribution in [3.05, 3.63) is 109 Å². The number of hydrogen-bond donors (Lipinski definition) is 0. The molecule has 0 aromatic heterocycles. The van der Waals surface area contributed by atoms with Gasteiger partial charge >= 0.3 is 11.9 Å². The Balaban J connectivity index is 4.35. The number of carbonyl (C=O) groups is 2. The van der Waals surface area contributed by atoms with Crippen LogP contribution in [-0.4, -0.2) is 37.9 Å². The van der Waals surface area contributed by atoms with Gasteiger partial charge in [-0.15, -0.1) is 0 Å². The van der Waals surface area contributed by atoms with Crippen molar-refractivity contribution in [1.29, 1.82) is 0 Å². The van der Waals surface area contributed by atoms with E-state index in [0.29, 0.717) is 19.4 Å². The molecular formula is C67H114O5. The van der Waals surface area contributed by atoms with Gasteiger partial charge in [0.25, 0.3) is 0 Å². The Bertz CT molecular complexity index is 1410. The van der Waals surface area contributed by atoms with Crippen molar-refractivity contribution in [2.75, 3.05) is 19.8 Å². The van der Waals surface area contributed by atoms with E-state index in [-0.39, 0.29) is 25.2 Å². The van der Waals surface area contributed by atoms with Gasteiger partial charge in [0.05, 0.1) is 6.61 Å². The minimum absolute atomic E-state index is 0.0665. The lowest BCUT2D eigenvalue weighted by Gasteiger charge is -2.18. The minimum Gasteiger partial charge on any atom is -0.462 e. The smallest absolute Gasteiger partial charge is 0.306 e. The summed E-state index contributed by atoms with van der Waals surface area (Å²) in [4.78, 5) is 25.6. The van der Waals surface area contributed by atoms with Crippen LogP contribution in [0.2, 0.25) is 0 Å². The quantitative estimate of drug-likeness (QED) is 0.0345. The second kappa shape index (κ2) is 61.9. The van der Waals surface area contributed by atoms with E-state index in [1.54, 1.807) is 0 Å². The second-order valence-corrected chi connectivity index (χ2v) is 19.8. The number of ether oxygens (including phenoxy) is 3. The van der Waals surface area contributed by atoms with Crippen molar-refractivity contribution in [2.24, 2.45) is 0 Å². The minimum atomic E-state index is -0.559. The molecule has 0 saturated heterocycles. The van der Waals surface area contributed by atoms with Crippen LogP contribution in [-0.2, 0) is 23.8 Å². The van der Waals surface area contributed by atoms with Gasteiger partial charge in [0, 0.05) is 19.4 Å². The number of esters is 2. The molecule has 0 rings (SSSR count). The SMILES string of the molecule is CC/C=C\C/C=C\C/C=C\C/C=C\CCCCCCCCCOCC(COC(=O)CCCCCCCC/C=C\C/C=C\C/C=C\C/C=C\CC)OC(=O)CCCCCCCCC/C=C\CCCCCCCC. The maximum Gasteiger partial charge on any atom is 0.306 e. The third kappa shape index (κ3) is 59.1. The van der Waals surface area contributed by atoms with Gasteiger partial charge in [0.1, 0.15) is 6.61 Å². The van der Waals surface area contributed by atoms with Gasteiger partial charge < -0.3 is 14.2 Å². The van der Waals surface area contributed by atoms with Gasteiger partial charge in [-0.3, -0.25) is 9.59 Å². The van der Waals surface area contributed by atoms with Crippen LogP contribution in [0.3, 0.4) is 0 Å². The molecule has 1 unspecified atom stereocenters. The summed E-state index contributed by atoms with van der Waals surface area (Å²) in [5.41, 5.74) is 0. The van der Waals surface area contributed by atoms with Crippen molar-refractivity contribution in [2.45, 2.75) is 284 Å². The highest BCUT2D eigenvalue weighted by molar-refractivity contribution is 5.70. The fourth-order valence-corrected chi connectivity index (χ4v) is 8.31. The molecule has 0 bridgehead atoms. The standard InChI is InChI=1S/C67H114O5/c1-4-7-10-13-16-19-22-25-28-31-33-35-38-41-44-47-50-53-56-59-62-70-63-65(72-67(69)61-58-55-52-49-46-43-40-36-30-27-24-21-18-15-12-9-6-3)64-71-66(68)60-57-54-51-48-45-42-39-37-34-32-29-26-23-20-17-14-11-8-5-2/h7-8,10-11,16-17,19-20,25-30,33-35,37,65H,4-6,9,12-15,18,21-24,31-32,36,38-64H2,1-3H3/b10-7-,11-8-,19-16-,20-17-,28-25-,29-26-,30-27-,35-33-,37-34-. The zero-order chi connectivity index (χ0) is 52.0. The molecule has 0 N–H and O–H groups in total. The molecule has 0 radical (unpaired) electrons. The predicted octanol–water partition coefficient (Wildman–Crippen LogP) is 21.1. The van der Waals surface area contributed by atoms with E-state index < -0.39 is 6.10 Å². The highest BCUT2D eigenvalue weighted by Gasteiger charge is 2.17. The van der Waals surface area contributed by atoms with E-state index in [1.165, 1.54) is 135 Å². The van der Waals surface area contributed by atoms with Crippen molar-refractivity contribution >= 4 is 11.9 Å². The number of rotatable bonds is 55. The highest BCUT2D eigenvalue weighted by atomic mass is 16.6. The van der Waals surface area contributed by atoms with Crippen molar-refractivity contribution in [1.82, 2.24) is 0 Å². The second-order valence-electron chi connectivity index (χ2n) is 19.8. The molecule has 0 fully saturated rings. The zero-order valence-corrected chi connectivity index (χ0v) is 47.4. The highest BCUT2D eigenvalue weighted by Crippen LogP contribution is 2.15. The number of carbonyl (C=O) groups excluding carboxylic acids is 2. The van der Waals surface area contributed by atoms with E-state index in [4.69, 9.17) is 14.2 Å².